The first-order chi connectivity index (χ1) is 8.61. The van der Waals surface area contributed by atoms with Gasteiger partial charge in [0, 0.05) is 19.2 Å². The SMILES string of the molecule is CCCN1C(=O)CC(NC2CCOC(C)C2)C1=O. The standard InChI is InChI=1S/C13H22N2O3/c1-3-5-15-12(16)8-11(13(15)17)14-10-4-6-18-9(2)7-10/h9-11,14H,3-8H2,1-2H3. The van der Waals surface area contributed by atoms with Crippen LogP contribution in [0.5, 0.6) is 0 Å². The molecule has 2 rings (SSSR count). The van der Waals surface area contributed by atoms with Crippen LogP contribution in [-0.4, -0.2) is 48.1 Å². The second-order valence-corrected chi connectivity index (χ2v) is 5.21. The molecule has 2 fully saturated rings. The van der Waals surface area contributed by atoms with Gasteiger partial charge in [0.15, 0.2) is 0 Å². The lowest BCUT2D eigenvalue weighted by atomic mass is 10.0. The van der Waals surface area contributed by atoms with Gasteiger partial charge < -0.3 is 10.1 Å². The summed E-state index contributed by atoms with van der Waals surface area (Å²) in [5.41, 5.74) is 0. The summed E-state index contributed by atoms with van der Waals surface area (Å²) < 4.78 is 5.48. The molecule has 5 heteroatoms. The molecular formula is C13H22N2O3. The fourth-order valence-corrected chi connectivity index (χ4v) is 2.71. The fourth-order valence-electron chi connectivity index (χ4n) is 2.71. The van der Waals surface area contributed by atoms with Gasteiger partial charge in [-0.15, -0.1) is 0 Å². The maximum atomic E-state index is 12.1. The van der Waals surface area contributed by atoms with E-state index in [0.29, 0.717) is 13.0 Å². The molecule has 0 aromatic carbocycles. The molecule has 0 bridgehead atoms. The van der Waals surface area contributed by atoms with Gasteiger partial charge in [-0.2, -0.15) is 0 Å². The van der Waals surface area contributed by atoms with Crippen molar-refractivity contribution in [3.05, 3.63) is 0 Å². The van der Waals surface area contributed by atoms with Crippen LogP contribution in [0.15, 0.2) is 0 Å². The quantitative estimate of drug-likeness (QED) is 0.750. The van der Waals surface area contributed by atoms with E-state index in [4.69, 9.17) is 4.74 Å². The molecular weight excluding hydrogens is 232 g/mol. The molecule has 5 nitrogen and oxygen atoms in total. The number of carbonyl (C=O) groups excluding carboxylic acids is 2. The largest absolute Gasteiger partial charge is 0.378 e. The van der Waals surface area contributed by atoms with Crippen LogP contribution < -0.4 is 5.32 Å². The Morgan fingerprint density at radius 1 is 1.44 bits per heavy atom. The maximum Gasteiger partial charge on any atom is 0.246 e. The Morgan fingerprint density at radius 3 is 2.89 bits per heavy atom. The van der Waals surface area contributed by atoms with Gasteiger partial charge in [0.25, 0.3) is 0 Å². The minimum absolute atomic E-state index is 0.0422. The lowest BCUT2D eigenvalue weighted by Crippen LogP contribution is -2.47. The first-order valence-corrected chi connectivity index (χ1v) is 6.83. The van der Waals surface area contributed by atoms with Crippen molar-refractivity contribution >= 4 is 11.8 Å². The molecule has 1 N–H and O–H groups in total. The van der Waals surface area contributed by atoms with Crippen LogP contribution in [0.2, 0.25) is 0 Å². The van der Waals surface area contributed by atoms with E-state index >= 15 is 0 Å². The van der Waals surface area contributed by atoms with E-state index < -0.39 is 0 Å². The third-order valence-corrected chi connectivity index (χ3v) is 3.61. The summed E-state index contributed by atoms with van der Waals surface area (Å²) in [7, 11) is 0. The van der Waals surface area contributed by atoms with E-state index in [9.17, 15) is 9.59 Å². The highest BCUT2D eigenvalue weighted by Crippen LogP contribution is 2.18. The lowest BCUT2D eigenvalue weighted by Gasteiger charge is -2.29. The average molecular weight is 254 g/mol. The Bertz CT molecular complexity index is 332. The minimum atomic E-state index is -0.320. The summed E-state index contributed by atoms with van der Waals surface area (Å²) in [6.45, 7) is 5.28. The minimum Gasteiger partial charge on any atom is -0.378 e. The van der Waals surface area contributed by atoms with Crippen LogP contribution in [-0.2, 0) is 14.3 Å². The Hall–Kier alpha value is -0.940. The van der Waals surface area contributed by atoms with Crippen molar-refractivity contribution < 1.29 is 14.3 Å². The van der Waals surface area contributed by atoms with Crippen molar-refractivity contribution in [1.29, 1.82) is 0 Å². The van der Waals surface area contributed by atoms with Gasteiger partial charge in [0.1, 0.15) is 0 Å². The molecule has 0 spiro atoms. The first kappa shape index (κ1) is 13.5. The normalized spacial score (nSPS) is 33.2. The third kappa shape index (κ3) is 2.90. The number of hydrogen-bond donors (Lipinski definition) is 1. The number of nitrogens with one attached hydrogen (secondary N) is 1. The monoisotopic (exact) mass is 254 g/mol. The molecule has 18 heavy (non-hydrogen) atoms. The molecule has 3 atom stereocenters. The second-order valence-electron chi connectivity index (χ2n) is 5.21. The molecule has 0 saturated carbocycles. The fraction of sp³-hybridized carbons (Fsp3) is 0.846. The molecule has 2 aliphatic rings. The van der Waals surface area contributed by atoms with E-state index in [1.54, 1.807) is 0 Å². The van der Waals surface area contributed by atoms with Gasteiger partial charge in [0.2, 0.25) is 11.8 Å². The highest BCUT2D eigenvalue weighted by atomic mass is 16.5. The summed E-state index contributed by atoms with van der Waals surface area (Å²) in [6.07, 6.45) is 3.18. The summed E-state index contributed by atoms with van der Waals surface area (Å²) in [6, 6.07) is -0.0311. The molecule has 2 heterocycles. The van der Waals surface area contributed by atoms with Gasteiger partial charge in [-0.25, -0.2) is 0 Å². The van der Waals surface area contributed by atoms with Crippen LogP contribution in [0, 0.1) is 0 Å². The lowest BCUT2D eigenvalue weighted by molar-refractivity contribution is -0.139. The summed E-state index contributed by atoms with van der Waals surface area (Å²) in [4.78, 5) is 25.2. The van der Waals surface area contributed by atoms with E-state index in [1.165, 1.54) is 4.90 Å². The third-order valence-electron chi connectivity index (χ3n) is 3.61. The Morgan fingerprint density at radius 2 is 2.22 bits per heavy atom. The molecule has 0 aromatic heterocycles. The zero-order chi connectivity index (χ0) is 13.1. The Kier molecular flexibility index (Phi) is 4.35. The van der Waals surface area contributed by atoms with Gasteiger partial charge >= 0.3 is 0 Å². The molecule has 3 unspecified atom stereocenters. The van der Waals surface area contributed by atoms with Crippen molar-refractivity contribution in [2.24, 2.45) is 0 Å². The highest BCUT2D eigenvalue weighted by molar-refractivity contribution is 6.05. The Balaban J connectivity index is 1.90. The summed E-state index contributed by atoms with van der Waals surface area (Å²) in [5, 5.41) is 3.32. The van der Waals surface area contributed by atoms with Crippen LogP contribution in [0.25, 0.3) is 0 Å². The van der Waals surface area contributed by atoms with E-state index in [0.717, 1.165) is 25.9 Å². The molecule has 2 aliphatic heterocycles. The van der Waals surface area contributed by atoms with E-state index in [-0.39, 0.29) is 30.0 Å². The number of carbonyl (C=O) groups is 2. The zero-order valence-electron chi connectivity index (χ0n) is 11.1. The summed E-state index contributed by atoms with van der Waals surface area (Å²) in [5.74, 6) is -0.0968. The van der Waals surface area contributed by atoms with Gasteiger partial charge in [-0.3, -0.25) is 14.5 Å². The number of hydrogen-bond acceptors (Lipinski definition) is 4. The van der Waals surface area contributed by atoms with Gasteiger partial charge in [0.05, 0.1) is 18.6 Å². The molecule has 0 aromatic rings. The Labute approximate surface area is 108 Å². The molecule has 0 radical (unpaired) electrons. The van der Waals surface area contributed by atoms with E-state index in [1.807, 2.05) is 13.8 Å². The van der Waals surface area contributed by atoms with Crippen LogP contribution in [0.4, 0.5) is 0 Å². The second kappa shape index (κ2) is 5.80. The van der Waals surface area contributed by atoms with E-state index in [2.05, 4.69) is 5.32 Å². The highest BCUT2D eigenvalue weighted by Gasteiger charge is 2.39. The predicted molar refractivity (Wildman–Crippen MR) is 67.0 cm³/mol. The summed E-state index contributed by atoms with van der Waals surface area (Å²) >= 11 is 0. The van der Waals surface area contributed by atoms with Crippen LogP contribution >= 0.6 is 0 Å². The predicted octanol–water partition coefficient (Wildman–Crippen LogP) is 0.681. The first-order valence-electron chi connectivity index (χ1n) is 6.83. The van der Waals surface area contributed by atoms with Crippen LogP contribution in [0.1, 0.15) is 39.5 Å². The van der Waals surface area contributed by atoms with Gasteiger partial charge in [-0.05, 0) is 26.2 Å². The molecule has 0 aliphatic carbocycles. The van der Waals surface area contributed by atoms with Crippen molar-refractivity contribution in [2.45, 2.75) is 57.7 Å². The smallest absolute Gasteiger partial charge is 0.246 e. The number of rotatable bonds is 4. The molecule has 102 valence electrons. The molecule has 2 saturated heterocycles. The van der Waals surface area contributed by atoms with Crippen LogP contribution in [0.3, 0.4) is 0 Å². The number of nitrogens with zero attached hydrogens (tertiary/aromatic N) is 1. The van der Waals surface area contributed by atoms with Crippen molar-refractivity contribution in [3.63, 3.8) is 0 Å². The molecule has 2 amide bonds. The number of imide groups is 1. The van der Waals surface area contributed by atoms with Crippen molar-refractivity contribution in [1.82, 2.24) is 10.2 Å². The van der Waals surface area contributed by atoms with Gasteiger partial charge in [-0.1, -0.05) is 6.92 Å². The van der Waals surface area contributed by atoms with Crippen molar-refractivity contribution in [3.8, 4) is 0 Å². The maximum absolute atomic E-state index is 12.1. The zero-order valence-corrected chi connectivity index (χ0v) is 11.1. The number of amides is 2. The number of likely N-dealkylation sites (tertiary alicyclic amines) is 1. The number of ether oxygens (including phenoxy) is 1. The van der Waals surface area contributed by atoms with Crippen molar-refractivity contribution in [2.75, 3.05) is 13.2 Å². The average Bonchev–Trinajstić information content (AvgIpc) is 2.57. The topological polar surface area (TPSA) is 58.6 Å².